The van der Waals surface area contributed by atoms with Gasteiger partial charge in [-0.2, -0.15) is 0 Å². The number of methoxy groups -OCH3 is 1. The number of benzene rings is 1. The average molecular weight is 202 g/mol. The van der Waals surface area contributed by atoms with E-state index in [4.69, 9.17) is 16.3 Å². The van der Waals surface area contributed by atoms with E-state index in [1.54, 1.807) is 24.3 Å². The van der Waals surface area contributed by atoms with Crippen molar-refractivity contribution in [1.82, 2.24) is 0 Å². The van der Waals surface area contributed by atoms with Gasteiger partial charge in [-0.25, -0.2) is 0 Å². The molecule has 0 aliphatic heterocycles. The van der Waals surface area contributed by atoms with Gasteiger partial charge in [0.25, 0.3) is 0 Å². The molecule has 0 radical (unpaired) electrons. The van der Waals surface area contributed by atoms with Gasteiger partial charge in [-0.3, -0.25) is 10.1 Å². The minimum atomic E-state index is -1.19. The first-order valence-corrected chi connectivity index (χ1v) is 4.00. The zero-order valence-electron chi connectivity index (χ0n) is 6.94. The van der Waals surface area contributed by atoms with Crippen LogP contribution in [0.3, 0.4) is 0 Å². The number of rotatable bonds is 3. The number of hydrogen-bond acceptors (Lipinski definition) is 3. The fraction of sp³-hybridized carbons (Fsp3) is 0.250. The van der Waals surface area contributed by atoms with Gasteiger partial charge < -0.3 is 4.74 Å². The molecule has 1 atom stereocenters. The molecule has 0 aliphatic carbocycles. The van der Waals surface area contributed by atoms with Crippen LogP contribution >= 0.6 is 11.6 Å². The molecule has 1 aromatic carbocycles. The summed E-state index contributed by atoms with van der Waals surface area (Å²) in [4.78, 5) is 9.74. The van der Waals surface area contributed by atoms with Gasteiger partial charge in [0.2, 0.25) is 0 Å². The fourth-order valence-electron chi connectivity index (χ4n) is 0.884. The Labute approximate surface area is 80.2 Å². The highest BCUT2D eigenvalue weighted by molar-refractivity contribution is 6.19. The standard InChI is InChI=1S/C8H8ClNO3/c1-13-7-4-2-6(3-5-7)8(9)10(11)12/h2-5,8H,1H3. The third-order valence-electron chi connectivity index (χ3n) is 1.58. The first-order valence-electron chi connectivity index (χ1n) is 3.56. The predicted molar refractivity (Wildman–Crippen MR) is 48.6 cm³/mol. The Bertz CT molecular complexity index is 299. The van der Waals surface area contributed by atoms with Crippen LogP contribution in [-0.4, -0.2) is 12.0 Å². The molecule has 0 amide bonds. The first kappa shape index (κ1) is 9.80. The van der Waals surface area contributed by atoms with Crippen molar-refractivity contribution in [1.29, 1.82) is 0 Å². The Morgan fingerprint density at radius 3 is 2.38 bits per heavy atom. The predicted octanol–water partition coefficient (Wildman–Crippen LogP) is 2.21. The largest absolute Gasteiger partial charge is 0.497 e. The molecule has 1 unspecified atom stereocenters. The Morgan fingerprint density at radius 1 is 1.46 bits per heavy atom. The Hall–Kier alpha value is -1.29. The normalized spacial score (nSPS) is 12.2. The van der Waals surface area contributed by atoms with Crippen LogP contribution in [0.5, 0.6) is 5.75 Å². The Kier molecular flexibility index (Phi) is 3.08. The van der Waals surface area contributed by atoms with Gasteiger partial charge in [-0.15, -0.1) is 0 Å². The molecule has 0 saturated heterocycles. The summed E-state index contributed by atoms with van der Waals surface area (Å²) in [6, 6.07) is 6.40. The smallest absolute Gasteiger partial charge is 0.311 e. The van der Waals surface area contributed by atoms with Crippen molar-refractivity contribution in [2.24, 2.45) is 0 Å². The second-order valence-electron chi connectivity index (χ2n) is 2.39. The van der Waals surface area contributed by atoms with Crippen molar-refractivity contribution in [3.63, 3.8) is 0 Å². The molecular formula is C8H8ClNO3. The molecule has 0 N–H and O–H groups in total. The van der Waals surface area contributed by atoms with Crippen LogP contribution in [0.2, 0.25) is 0 Å². The maximum atomic E-state index is 10.3. The number of ether oxygens (including phenoxy) is 1. The van der Waals surface area contributed by atoms with E-state index in [0.29, 0.717) is 11.3 Å². The number of nitro groups is 1. The van der Waals surface area contributed by atoms with Gasteiger partial charge >= 0.3 is 5.50 Å². The molecule has 5 heteroatoms. The third-order valence-corrected chi connectivity index (χ3v) is 1.99. The molecule has 1 aromatic rings. The summed E-state index contributed by atoms with van der Waals surface area (Å²) in [5.74, 6) is 0.649. The molecule has 0 bridgehead atoms. The second kappa shape index (κ2) is 4.09. The van der Waals surface area contributed by atoms with Crippen LogP contribution in [0.15, 0.2) is 24.3 Å². The van der Waals surface area contributed by atoms with Crippen LogP contribution in [0.4, 0.5) is 0 Å². The van der Waals surface area contributed by atoms with E-state index in [2.05, 4.69) is 0 Å². The minimum absolute atomic E-state index is 0.451. The van der Waals surface area contributed by atoms with E-state index in [1.165, 1.54) is 7.11 Å². The number of alkyl halides is 1. The van der Waals surface area contributed by atoms with Crippen LogP contribution in [0.1, 0.15) is 11.1 Å². The molecule has 70 valence electrons. The summed E-state index contributed by atoms with van der Waals surface area (Å²) in [5, 5.41) is 10.3. The lowest BCUT2D eigenvalue weighted by Gasteiger charge is -2.02. The zero-order chi connectivity index (χ0) is 9.84. The van der Waals surface area contributed by atoms with E-state index in [1.807, 2.05) is 0 Å². The highest BCUT2D eigenvalue weighted by Crippen LogP contribution is 2.22. The van der Waals surface area contributed by atoms with Crippen molar-refractivity contribution in [2.45, 2.75) is 5.50 Å². The van der Waals surface area contributed by atoms with Gasteiger partial charge in [0.15, 0.2) is 0 Å². The molecular weight excluding hydrogens is 194 g/mol. The molecule has 1 rings (SSSR count). The summed E-state index contributed by atoms with van der Waals surface area (Å²) in [6.45, 7) is 0. The van der Waals surface area contributed by atoms with Crippen LogP contribution in [0, 0.1) is 10.1 Å². The molecule has 0 saturated carbocycles. The third kappa shape index (κ3) is 2.32. The van der Waals surface area contributed by atoms with Crippen molar-refractivity contribution >= 4 is 11.6 Å². The summed E-state index contributed by atoms with van der Waals surface area (Å²) >= 11 is 5.50. The molecule has 0 aliphatic rings. The van der Waals surface area contributed by atoms with E-state index < -0.39 is 10.4 Å². The lowest BCUT2D eigenvalue weighted by Crippen LogP contribution is -2.02. The molecule has 0 heterocycles. The molecule has 13 heavy (non-hydrogen) atoms. The SMILES string of the molecule is COc1ccc(C(Cl)[N+](=O)[O-])cc1. The van der Waals surface area contributed by atoms with E-state index >= 15 is 0 Å². The quantitative estimate of drug-likeness (QED) is 0.326. The summed E-state index contributed by atoms with van der Waals surface area (Å²) in [6.07, 6.45) is 0. The molecule has 4 nitrogen and oxygen atoms in total. The lowest BCUT2D eigenvalue weighted by molar-refractivity contribution is -0.503. The van der Waals surface area contributed by atoms with E-state index in [9.17, 15) is 10.1 Å². The van der Waals surface area contributed by atoms with Gasteiger partial charge in [0.05, 0.1) is 7.11 Å². The topological polar surface area (TPSA) is 52.4 Å². The average Bonchev–Trinajstić information content (AvgIpc) is 2.17. The van der Waals surface area contributed by atoms with Gasteiger partial charge in [-0.05, 0) is 35.9 Å². The first-order chi connectivity index (χ1) is 6.15. The second-order valence-corrected chi connectivity index (χ2v) is 2.81. The number of halogens is 1. The van der Waals surface area contributed by atoms with Crippen molar-refractivity contribution in [3.05, 3.63) is 39.9 Å². The zero-order valence-corrected chi connectivity index (χ0v) is 7.69. The highest BCUT2D eigenvalue weighted by atomic mass is 35.5. The monoisotopic (exact) mass is 201 g/mol. The maximum absolute atomic E-state index is 10.3. The summed E-state index contributed by atoms with van der Waals surface area (Å²) in [7, 11) is 1.53. The number of nitrogens with zero attached hydrogens (tertiary/aromatic N) is 1. The van der Waals surface area contributed by atoms with Crippen LogP contribution < -0.4 is 4.74 Å². The van der Waals surface area contributed by atoms with Crippen LogP contribution in [0.25, 0.3) is 0 Å². The van der Waals surface area contributed by atoms with Crippen LogP contribution in [-0.2, 0) is 0 Å². The van der Waals surface area contributed by atoms with E-state index in [0.717, 1.165) is 0 Å². The van der Waals surface area contributed by atoms with Gasteiger partial charge in [0.1, 0.15) is 5.75 Å². The van der Waals surface area contributed by atoms with Gasteiger partial charge in [-0.1, -0.05) is 0 Å². The minimum Gasteiger partial charge on any atom is -0.497 e. The lowest BCUT2D eigenvalue weighted by atomic mass is 10.2. The summed E-state index contributed by atoms with van der Waals surface area (Å²) < 4.78 is 4.90. The van der Waals surface area contributed by atoms with Crippen molar-refractivity contribution < 1.29 is 9.66 Å². The van der Waals surface area contributed by atoms with Crippen molar-refractivity contribution in [2.75, 3.05) is 7.11 Å². The molecule has 0 fully saturated rings. The maximum Gasteiger partial charge on any atom is 0.311 e. The molecule has 0 spiro atoms. The highest BCUT2D eigenvalue weighted by Gasteiger charge is 2.17. The Balaban J connectivity index is 2.85. The number of hydrogen-bond donors (Lipinski definition) is 0. The van der Waals surface area contributed by atoms with E-state index in [-0.39, 0.29) is 0 Å². The van der Waals surface area contributed by atoms with Crippen molar-refractivity contribution in [3.8, 4) is 5.75 Å². The Morgan fingerprint density at radius 2 is 2.00 bits per heavy atom. The molecule has 0 aromatic heterocycles. The fourth-order valence-corrected chi connectivity index (χ4v) is 1.03. The summed E-state index contributed by atoms with van der Waals surface area (Å²) in [5.41, 5.74) is -0.738. The van der Waals surface area contributed by atoms with Gasteiger partial charge in [0, 0.05) is 10.5 Å².